The van der Waals surface area contributed by atoms with E-state index in [1.165, 1.54) is 0 Å². The molecule has 0 aliphatic rings. The van der Waals surface area contributed by atoms with Crippen molar-refractivity contribution in [3.63, 3.8) is 0 Å². The van der Waals surface area contributed by atoms with E-state index in [0.29, 0.717) is 11.2 Å². The van der Waals surface area contributed by atoms with Crippen molar-refractivity contribution in [1.82, 2.24) is 9.97 Å². The quantitative estimate of drug-likeness (QED) is 0.528. The van der Waals surface area contributed by atoms with Crippen molar-refractivity contribution in [3.8, 4) is 5.75 Å². The van der Waals surface area contributed by atoms with Gasteiger partial charge in [0.1, 0.15) is 5.52 Å². The standard InChI is InChI=1S/C18H13N3O2/c22-17-14(5-3-11-2-1-8-20-16(11)17)18(23)21-13-4-6-15-12(10-13)7-9-19-15/h1-10,19,22H,(H,21,23). The summed E-state index contributed by atoms with van der Waals surface area (Å²) >= 11 is 0. The number of hydrogen-bond acceptors (Lipinski definition) is 3. The number of hydrogen-bond donors (Lipinski definition) is 3. The maximum atomic E-state index is 12.4. The lowest BCUT2D eigenvalue weighted by Gasteiger charge is -2.08. The fourth-order valence-corrected chi connectivity index (χ4v) is 2.64. The molecule has 2 aromatic carbocycles. The fraction of sp³-hybridized carbons (Fsp3) is 0. The van der Waals surface area contributed by atoms with Crippen LogP contribution in [0.4, 0.5) is 5.69 Å². The molecule has 112 valence electrons. The summed E-state index contributed by atoms with van der Waals surface area (Å²) in [6.45, 7) is 0. The third-order valence-electron chi connectivity index (χ3n) is 3.80. The highest BCUT2D eigenvalue weighted by Crippen LogP contribution is 2.27. The minimum atomic E-state index is -0.370. The summed E-state index contributed by atoms with van der Waals surface area (Å²) in [6.07, 6.45) is 3.43. The molecule has 0 spiro atoms. The van der Waals surface area contributed by atoms with Gasteiger partial charge in [-0.05, 0) is 36.4 Å². The number of H-pyrrole nitrogens is 1. The number of benzene rings is 2. The van der Waals surface area contributed by atoms with Crippen LogP contribution in [0.1, 0.15) is 10.4 Å². The molecule has 2 aromatic heterocycles. The van der Waals surface area contributed by atoms with Gasteiger partial charge in [0.25, 0.3) is 5.91 Å². The lowest BCUT2D eigenvalue weighted by molar-refractivity contribution is 0.102. The zero-order valence-corrected chi connectivity index (χ0v) is 12.1. The molecule has 4 rings (SSSR count). The van der Waals surface area contributed by atoms with Crippen LogP contribution in [-0.4, -0.2) is 21.0 Å². The molecule has 0 atom stereocenters. The molecule has 0 aliphatic heterocycles. The number of carbonyl (C=O) groups is 1. The molecule has 4 aromatic rings. The number of aromatic amines is 1. The molecule has 23 heavy (non-hydrogen) atoms. The first kappa shape index (κ1) is 13.3. The molecule has 0 unspecified atom stereocenters. The van der Waals surface area contributed by atoms with E-state index in [1.54, 1.807) is 24.4 Å². The van der Waals surface area contributed by atoms with Gasteiger partial charge in [-0.25, -0.2) is 0 Å². The number of rotatable bonds is 2. The van der Waals surface area contributed by atoms with Crippen LogP contribution in [0.3, 0.4) is 0 Å². The van der Waals surface area contributed by atoms with E-state index in [4.69, 9.17) is 0 Å². The first-order chi connectivity index (χ1) is 11.2. The summed E-state index contributed by atoms with van der Waals surface area (Å²) in [5, 5.41) is 14.9. The van der Waals surface area contributed by atoms with Gasteiger partial charge in [0.05, 0.1) is 5.56 Å². The lowest BCUT2D eigenvalue weighted by atomic mass is 10.1. The predicted molar refractivity (Wildman–Crippen MR) is 89.7 cm³/mol. The number of aromatic nitrogens is 2. The van der Waals surface area contributed by atoms with Crippen LogP contribution < -0.4 is 5.32 Å². The SMILES string of the molecule is O=C(Nc1ccc2[nH]ccc2c1)c1ccc2cccnc2c1O. The van der Waals surface area contributed by atoms with Crippen LogP contribution in [-0.2, 0) is 0 Å². The van der Waals surface area contributed by atoms with Gasteiger partial charge in [-0.1, -0.05) is 12.1 Å². The Balaban J connectivity index is 1.69. The highest BCUT2D eigenvalue weighted by atomic mass is 16.3. The topological polar surface area (TPSA) is 78.0 Å². The number of anilines is 1. The number of aromatic hydroxyl groups is 1. The van der Waals surface area contributed by atoms with Crippen LogP contribution in [0.15, 0.2) is 60.9 Å². The number of phenols is 1. The van der Waals surface area contributed by atoms with Crippen molar-refractivity contribution in [1.29, 1.82) is 0 Å². The smallest absolute Gasteiger partial charge is 0.259 e. The number of amides is 1. The second kappa shape index (κ2) is 5.14. The normalized spacial score (nSPS) is 11.0. The van der Waals surface area contributed by atoms with Gasteiger partial charge in [-0.3, -0.25) is 9.78 Å². The highest BCUT2D eigenvalue weighted by molar-refractivity contribution is 6.09. The second-order valence-corrected chi connectivity index (χ2v) is 5.27. The third-order valence-corrected chi connectivity index (χ3v) is 3.80. The summed E-state index contributed by atoms with van der Waals surface area (Å²) in [6, 6.07) is 14.5. The maximum absolute atomic E-state index is 12.4. The molecule has 5 nitrogen and oxygen atoms in total. The Morgan fingerprint density at radius 1 is 1.09 bits per heavy atom. The van der Waals surface area contributed by atoms with Crippen LogP contribution in [0.5, 0.6) is 5.75 Å². The van der Waals surface area contributed by atoms with Crippen LogP contribution in [0.25, 0.3) is 21.8 Å². The Labute approximate surface area is 131 Å². The highest BCUT2D eigenvalue weighted by Gasteiger charge is 2.14. The Hall–Kier alpha value is -3.34. The van der Waals surface area contributed by atoms with Crippen LogP contribution in [0.2, 0.25) is 0 Å². The monoisotopic (exact) mass is 303 g/mol. The molecule has 0 radical (unpaired) electrons. The molecular weight excluding hydrogens is 290 g/mol. The molecule has 0 aliphatic carbocycles. The minimum absolute atomic E-state index is 0.108. The van der Waals surface area contributed by atoms with Gasteiger partial charge in [-0.2, -0.15) is 0 Å². The third kappa shape index (κ3) is 2.28. The maximum Gasteiger partial charge on any atom is 0.259 e. The average molecular weight is 303 g/mol. The molecule has 0 saturated carbocycles. The second-order valence-electron chi connectivity index (χ2n) is 5.27. The van der Waals surface area contributed by atoms with Gasteiger partial charge in [-0.15, -0.1) is 0 Å². The van der Waals surface area contributed by atoms with Crippen molar-refractivity contribution in [3.05, 3.63) is 66.5 Å². The van der Waals surface area contributed by atoms with E-state index in [2.05, 4.69) is 15.3 Å². The van der Waals surface area contributed by atoms with E-state index < -0.39 is 0 Å². The Morgan fingerprint density at radius 3 is 2.91 bits per heavy atom. The average Bonchev–Trinajstić information content (AvgIpc) is 3.03. The molecule has 2 heterocycles. The number of fused-ring (bicyclic) bond motifs is 2. The van der Waals surface area contributed by atoms with Gasteiger partial charge in [0, 0.05) is 34.4 Å². The summed E-state index contributed by atoms with van der Waals surface area (Å²) in [7, 11) is 0. The molecular formula is C18H13N3O2. The Morgan fingerprint density at radius 2 is 2.00 bits per heavy atom. The number of carbonyl (C=O) groups excluding carboxylic acids is 1. The molecule has 0 fully saturated rings. The Bertz CT molecular complexity index is 1040. The van der Waals surface area contributed by atoms with Crippen molar-refractivity contribution < 1.29 is 9.90 Å². The predicted octanol–water partition coefficient (Wildman–Crippen LogP) is 3.67. The number of nitrogens with one attached hydrogen (secondary N) is 2. The zero-order chi connectivity index (χ0) is 15.8. The van der Waals surface area contributed by atoms with E-state index >= 15 is 0 Å². The fourth-order valence-electron chi connectivity index (χ4n) is 2.64. The van der Waals surface area contributed by atoms with E-state index in [9.17, 15) is 9.90 Å². The molecule has 3 N–H and O–H groups in total. The summed E-state index contributed by atoms with van der Waals surface area (Å²) in [5.41, 5.74) is 2.29. The summed E-state index contributed by atoms with van der Waals surface area (Å²) in [5.74, 6) is -0.478. The number of pyridine rings is 1. The van der Waals surface area contributed by atoms with Crippen molar-refractivity contribution in [2.45, 2.75) is 0 Å². The van der Waals surface area contributed by atoms with Crippen molar-refractivity contribution in [2.75, 3.05) is 5.32 Å². The largest absolute Gasteiger partial charge is 0.505 e. The lowest BCUT2D eigenvalue weighted by Crippen LogP contribution is -2.12. The van der Waals surface area contributed by atoms with E-state index in [1.807, 2.05) is 36.5 Å². The summed E-state index contributed by atoms with van der Waals surface area (Å²) < 4.78 is 0. The summed E-state index contributed by atoms with van der Waals surface area (Å²) in [4.78, 5) is 19.7. The number of phenolic OH excluding ortho intramolecular Hbond substituents is 1. The van der Waals surface area contributed by atoms with E-state index in [-0.39, 0.29) is 17.2 Å². The molecule has 0 saturated heterocycles. The van der Waals surface area contributed by atoms with Crippen molar-refractivity contribution in [2.24, 2.45) is 0 Å². The van der Waals surface area contributed by atoms with Crippen molar-refractivity contribution >= 4 is 33.4 Å². The van der Waals surface area contributed by atoms with Crippen LogP contribution >= 0.6 is 0 Å². The molecule has 1 amide bonds. The van der Waals surface area contributed by atoms with Crippen LogP contribution in [0, 0.1) is 0 Å². The minimum Gasteiger partial charge on any atom is -0.505 e. The van der Waals surface area contributed by atoms with Gasteiger partial charge in [0.2, 0.25) is 0 Å². The molecule has 5 heteroatoms. The first-order valence-corrected chi connectivity index (χ1v) is 7.17. The van der Waals surface area contributed by atoms with Gasteiger partial charge < -0.3 is 15.4 Å². The van der Waals surface area contributed by atoms with E-state index in [0.717, 1.165) is 16.3 Å². The zero-order valence-electron chi connectivity index (χ0n) is 12.1. The van der Waals surface area contributed by atoms with Gasteiger partial charge >= 0.3 is 0 Å². The van der Waals surface area contributed by atoms with Gasteiger partial charge in [0.15, 0.2) is 5.75 Å². The molecule has 0 bridgehead atoms. The first-order valence-electron chi connectivity index (χ1n) is 7.17. The number of nitrogens with zero attached hydrogens (tertiary/aromatic N) is 1. The Kier molecular flexibility index (Phi) is 2.98.